The molecule has 1 rings (SSSR count). The quantitative estimate of drug-likeness (QED) is 0.853. The molecule has 1 heterocycles. The van der Waals surface area contributed by atoms with Crippen LogP contribution in [0.2, 0.25) is 0 Å². The van der Waals surface area contributed by atoms with Crippen molar-refractivity contribution in [3.05, 3.63) is 22.9 Å². The second-order valence-electron chi connectivity index (χ2n) is 4.84. The summed E-state index contributed by atoms with van der Waals surface area (Å²) in [5.41, 5.74) is 9.32. The van der Waals surface area contributed by atoms with Crippen molar-refractivity contribution in [2.75, 3.05) is 11.9 Å². The molecule has 0 radical (unpaired) electrons. The van der Waals surface area contributed by atoms with E-state index < -0.39 is 0 Å². The predicted molar refractivity (Wildman–Crippen MR) is 74.4 cm³/mol. The van der Waals surface area contributed by atoms with E-state index in [1.165, 1.54) is 24.0 Å². The third-order valence-corrected chi connectivity index (χ3v) is 3.36. The Morgan fingerprint density at radius 1 is 1.41 bits per heavy atom. The Bertz CT molecular complexity index is 374. The van der Waals surface area contributed by atoms with E-state index in [0.717, 1.165) is 11.5 Å². The summed E-state index contributed by atoms with van der Waals surface area (Å²) in [5.74, 6) is 1.05. The molecule has 1 aromatic heterocycles. The third-order valence-electron chi connectivity index (χ3n) is 3.36. The molecule has 96 valence electrons. The molecular weight excluding hydrogens is 210 g/mol. The van der Waals surface area contributed by atoms with Crippen molar-refractivity contribution in [3.8, 4) is 0 Å². The predicted octanol–water partition coefficient (Wildman–Crippen LogP) is 2.78. The standard InChI is InChI=1S/C14H25N3/c1-6-7-12(4)17(5)14-13(9-15)10(2)8-11(3)16-14/h8,12H,6-7,9,15H2,1-5H3. The Hall–Kier alpha value is -1.09. The summed E-state index contributed by atoms with van der Waals surface area (Å²) in [6, 6.07) is 2.60. The molecular formula is C14H25N3. The Balaban J connectivity index is 3.11. The summed E-state index contributed by atoms with van der Waals surface area (Å²) in [6.45, 7) is 9.15. The van der Waals surface area contributed by atoms with Crippen molar-refractivity contribution in [1.82, 2.24) is 4.98 Å². The van der Waals surface area contributed by atoms with Gasteiger partial charge in [-0.3, -0.25) is 0 Å². The maximum absolute atomic E-state index is 5.85. The van der Waals surface area contributed by atoms with Crippen LogP contribution in [0.1, 0.15) is 43.5 Å². The lowest BCUT2D eigenvalue weighted by Gasteiger charge is -2.28. The summed E-state index contributed by atoms with van der Waals surface area (Å²) in [7, 11) is 2.11. The zero-order valence-electron chi connectivity index (χ0n) is 11.7. The number of anilines is 1. The zero-order valence-corrected chi connectivity index (χ0v) is 11.7. The third kappa shape index (κ3) is 3.19. The molecule has 1 aromatic rings. The van der Waals surface area contributed by atoms with Crippen LogP contribution in [0.25, 0.3) is 0 Å². The first-order chi connectivity index (χ1) is 8.01. The summed E-state index contributed by atoms with van der Waals surface area (Å²) >= 11 is 0. The first kappa shape index (κ1) is 14.0. The molecule has 3 nitrogen and oxygen atoms in total. The van der Waals surface area contributed by atoms with Crippen LogP contribution >= 0.6 is 0 Å². The van der Waals surface area contributed by atoms with E-state index in [9.17, 15) is 0 Å². The number of rotatable bonds is 5. The molecule has 0 aromatic carbocycles. The topological polar surface area (TPSA) is 42.2 Å². The van der Waals surface area contributed by atoms with Crippen molar-refractivity contribution in [1.29, 1.82) is 0 Å². The molecule has 0 amide bonds. The van der Waals surface area contributed by atoms with Gasteiger partial charge in [0.1, 0.15) is 5.82 Å². The Kier molecular flexibility index (Phi) is 4.94. The van der Waals surface area contributed by atoms with Crippen LogP contribution in [0.15, 0.2) is 6.07 Å². The van der Waals surface area contributed by atoms with Crippen molar-refractivity contribution in [3.63, 3.8) is 0 Å². The van der Waals surface area contributed by atoms with Crippen LogP contribution in [0.4, 0.5) is 5.82 Å². The molecule has 1 unspecified atom stereocenters. The van der Waals surface area contributed by atoms with E-state index in [0.29, 0.717) is 12.6 Å². The summed E-state index contributed by atoms with van der Waals surface area (Å²) in [4.78, 5) is 6.91. The lowest BCUT2D eigenvalue weighted by atomic mass is 10.1. The van der Waals surface area contributed by atoms with Crippen LogP contribution < -0.4 is 10.6 Å². The normalized spacial score (nSPS) is 12.6. The fourth-order valence-corrected chi connectivity index (χ4v) is 2.21. The van der Waals surface area contributed by atoms with Gasteiger partial charge in [0.25, 0.3) is 0 Å². The van der Waals surface area contributed by atoms with Gasteiger partial charge >= 0.3 is 0 Å². The number of aryl methyl sites for hydroxylation is 2. The highest BCUT2D eigenvalue weighted by atomic mass is 15.2. The minimum absolute atomic E-state index is 0.499. The first-order valence-electron chi connectivity index (χ1n) is 6.41. The van der Waals surface area contributed by atoms with Crippen molar-refractivity contribution >= 4 is 5.82 Å². The van der Waals surface area contributed by atoms with Gasteiger partial charge in [-0.15, -0.1) is 0 Å². The SMILES string of the molecule is CCCC(C)N(C)c1nc(C)cc(C)c1CN. The number of nitrogens with zero attached hydrogens (tertiary/aromatic N) is 2. The summed E-state index contributed by atoms with van der Waals surface area (Å²) < 4.78 is 0. The number of aromatic nitrogens is 1. The van der Waals surface area contributed by atoms with Crippen LogP contribution in [-0.2, 0) is 6.54 Å². The molecule has 17 heavy (non-hydrogen) atoms. The number of hydrogen-bond acceptors (Lipinski definition) is 3. The van der Waals surface area contributed by atoms with E-state index >= 15 is 0 Å². The minimum Gasteiger partial charge on any atom is -0.357 e. The van der Waals surface area contributed by atoms with Gasteiger partial charge in [0.2, 0.25) is 0 Å². The molecule has 1 atom stereocenters. The second kappa shape index (κ2) is 6.01. The van der Waals surface area contributed by atoms with Gasteiger partial charge in [-0.2, -0.15) is 0 Å². The Morgan fingerprint density at radius 3 is 2.59 bits per heavy atom. The molecule has 0 spiro atoms. The smallest absolute Gasteiger partial charge is 0.133 e. The minimum atomic E-state index is 0.499. The van der Waals surface area contributed by atoms with Gasteiger partial charge in [-0.1, -0.05) is 13.3 Å². The molecule has 0 aliphatic carbocycles. The van der Waals surface area contributed by atoms with Gasteiger partial charge in [-0.05, 0) is 38.8 Å². The summed E-state index contributed by atoms with van der Waals surface area (Å²) in [5, 5.41) is 0. The lowest BCUT2D eigenvalue weighted by Crippen LogP contribution is -2.31. The van der Waals surface area contributed by atoms with Gasteiger partial charge in [0.05, 0.1) is 0 Å². The molecule has 0 saturated heterocycles. The van der Waals surface area contributed by atoms with Crippen molar-refractivity contribution in [2.45, 2.75) is 53.1 Å². The average Bonchev–Trinajstić information content (AvgIpc) is 2.27. The number of hydrogen-bond donors (Lipinski definition) is 1. The molecule has 0 fully saturated rings. The first-order valence-corrected chi connectivity index (χ1v) is 6.41. The number of nitrogens with two attached hydrogens (primary N) is 1. The van der Waals surface area contributed by atoms with Crippen LogP contribution in [0.3, 0.4) is 0 Å². The molecule has 3 heteroatoms. The molecule has 0 aliphatic rings. The zero-order chi connectivity index (χ0) is 13.0. The maximum Gasteiger partial charge on any atom is 0.133 e. The number of pyridine rings is 1. The van der Waals surface area contributed by atoms with Gasteiger partial charge in [0.15, 0.2) is 0 Å². The average molecular weight is 235 g/mol. The highest BCUT2D eigenvalue weighted by molar-refractivity contribution is 5.51. The second-order valence-corrected chi connectivity index (χ2v) is 4.84. The van der Waals surface area contributed by atoms with E-state index in [1.54, 1.807) is 0 Å². The monoisotopic (exact) mass is 235 g/mol. The summed E-state index contributed by atoms with van der Waals surface area (Å²) in [6.07, 6.45) is 2.36. The largest absolute Gasteiger partial charge is 0.357 e. The highest BCUT2D eigenvalue weighted by Gasteiger charge is 2.15. The van der Waals surface area contributed by atoms with E-state index in [-0.39, 0.29) is 0 Å². The molecule has 0 aliphatic heterocycles. The fourth-order valence-electron chi connectivity index (χ4n) is 2.21. The molecule has 0 saturated carbocycles. The van der Waals surface area contributed by atoms with Gasteiger partial charge in [-0.25, -0.2) is 4.98 Å². The van der Waals surface area contributed by atoms with Crippen molar-refractivity contribution in [2.24, 2.45) is 5.73 Å². The van der Waals surface area contributed by atoms with E-state index in [4.69, 9.17) is 5.73 Å². The van der Waals surface area contributed by atoms with Crippen LogP contribution in [0.5, 0.6) is 0 Å². The Morgan fingerprint density at radius 2 is 2.06 bits per heavy atom. The van der Waals surface area contributed by atoms with Crippen molar-refractivity contribution < 1.29 is 0 Å². The van der Waals surface area contributed by atoms with Crippen LogP contribution in [-0.4, -0.2) is 18.1 Å². The Labute approximate surface area is 105 Å². The van der Waals surface area contributed by atoms with Gasteiger partial charge < -0.3 is 10.6 Å². The molecule has 2 N–H and O–H groups in total. The van der Waals surface area contributed by atoms with E-state index in [2.05, 4.69) is 43.8 Å². The fraction of sp³-hybridized carbons (Fsp3) is 0.643. The van der Waals surface area contributed by atoms with E-state index in [1.807, 2.05) is 6.92 Å². The van der Waals surface area contributed by atoms with Crippen LogP contribution in [0, 0.1) is 13.8 Å². The lowest BCUT2D eigenvalue weighted by molar-refractivity contribution is 0.608. The molecule has 0 bridgehead atoms. The maximum atomic E-state index is 5.85. The highest BCUT2D eigenvalue weighted by Crippen LogP contribution is 2.23. The van der Waals surface area contributed by atoms with Gasteiger partial charge in [0, 0.05) is 30.9 Å².